The number of aliphatic imine (C=N–C) groups is 1. The van der Waals surface area contributed by atoms with E-state index in [2.05, 4.69) is 38.0 Å². The van der Waals surface area contributed by atoms with Crippen molar-refractivity contribution in [1.29, 1.82) is 0 Å². The Balaban J connectivity index is 1.92. The summed E-state index contributed by atoms with van der Waals surface area (Å²) in [6, 6.07) is 8.16. The van der Waals surface area contributed by atoms with Gasteiger partial charge in [0, 0.05) is 27.2 Å². The molecule has 8 nitrogen and oxygen atoms in total. The minimum atomic E-state index is 0.458. The number of ether oxygens (including phenoxy) is 2. The number of rotatable bonds is 10. The van der Waals surface area contributed by atoms with Crippen LogP contribution in [0.25, 0.3) is 0 Å². The van der Waals surface area contributed by atoms with E-state index in [1.807, 2.05) is 37.6 Å². The highest BCUT2D eigenvalue weighted by molar-refractivity contribution is 5.79. The lowest BCUT2D eigenvalue weighted by Crippen LogP contribution is -2.40. The lowest BCUT2D eigenvalue weighted by Gasteiger charge is -2.13. The topological polar surface area (TPSA) is 85.6 Å². The van der Waals surface area contributed by atoms with Gasteiger partial charge >= 0.3 is 0 Å². The van der Waals surface area contributed by atoms with Crippen molar-refractivity contribution in [2.45, 2.75) is 26.8 Å². The fraction of sp³-hybridized carbons (Fsp3) is 0.526. The molecular formula is C19H30N6O2. The molecule has 1 aromatic carbocycles. The van der Waals surface area contributed by atoms with E-state index in [4.69, 9.17) is 9.47 Å². The van der Waals surface area contributed by atoms with Gasteiger partial charge in [0.25, 0.3) is 0 Å². The SMILES string of the molecule is CCOc1cccc(CCNC(=NCc2nnc(C)n2C)NCCOC)c1. The molecule has 0 spiro atoms. The predicted molar refractivity (Wildman–Crippen MR) is 106 cm³/mol. The van der Waals surface area contributed by atoms with Crippen LogP contribution in [0.2, 0.25) is 0 Å². The van der Waals surface area contributed by atoms with Gasteiger partial charge in [0.15, 0.2) is 11.8 Å². The third-order valence-electron chi connectivity index (χ3n) is 4.08. The fourth-order valence-corrected chi connectivity index (χ4v) is 2.47. The molecule has 1 heterocycles. The second-order valence-electron chi connectivity index (χ2n) is 6.06. The van der Waals surface area contributed by atoms with Crippen molar-refractivity contribution in [2.24, 2.45) is 12.0 Å². The van der Waals surface area contributed by atoms with Crippen LogP contribution in [0, 0.1) is 6.92 Å². The van der Waals surface area contributed by atoms with E-state index in [-0.39, 0.29) is 0 Å². The van der Waals surface area contributed by atoms with Crippen LogP contribution < -0.4 is 15.4 Å². The Kier molecular flexibility index (Phi) is 8.57. The van der Waals surface area contributed by atoms with Crippen LogP contribution in [0.1, 0.15) is 24.1 Å². The molecule has 2 N–H and O–H groups in total. The molecule has 0 fully saturated rings. The summed E-state index contributed by atoms with van der Waals surface area (Å²) in [5.74, 6) is 3.33. The molecule has 8 heteroatoms. The molecular weight excluding hydrogens is 344 g/mol. The van der Waals surface area contributed by atoms with Gasteiger partial charge in [0.2, 0.25) is 0 Å². The van der Waals surface area contributed by atoms with Crippen molar-refractivity contribution < 1.29 is 9.47 Å². The molecule has 0 unspecified atom stereocenters. The highest BCUT2D eigenvalue weighted by atomic mass is 16.5. The third-order valence-corrected chi connectivity index (χ3v) is 4.08. The number of benzene rings is 1. The zero-order valence-electron chi connectivity index (χ0n) is 16.7. The van der Waals surface area contributed by atoms with Crippen LogP contribution in [0.3, 0.4) is 0 Å². The Bertz CT molecular complexity index is 729. The summed E-state index contributed by atoms with van der Waals surface area (Å²) < 4.78 is 12.6. The number of guanidine groups is 1. The summed E-state index contributed by atoms with van der Waals surface area (Å²) in [5, 5.41) is 14.8. The molecule has 148 valence electrons. The van der Waals surface area contributed by atoms with Crippen LogP contribution in [-0.4, -0.2) is 54.1 Å². The van der Waals surface area contributed by atoms with E-state index in [1.165, 1.54) is 5.56 Å². The van der Waals surface area contributed by atoms with Crippen LogP contribution in [0.15, 0.2) is 29.3 Å². The van der Waals surface area contributed by atoms with Crippen LogP contribution in [-0.2, 0) is 24.8 Å². The summed E-state index contributed by atoms with van der Waals surface area (Å²) >= 11 is 0. The quantitative estimate of drug-likeness (QED) is 0.372. The molecule has 2 rings (SSSR count). The summed E-state index contributed by atoms with van der Waals surface area (Å²) in [5.41, 5.74) is 1.22. The molecule has 0 amide bonds. The fourth-order valence-electron chi connectivity index (χ4n) is 2.47. The van der Waals surface area contributed by atoms with Gasteiger partial charge in [0.05, 0.1) is 13.2 Å². The van der Waals surface area contributed by atoms with E-state index in [1.54, 1.807) is 7.11 Å². The van der Waals surface area contributed by atoms with Gasteiger partial charge in [-0.05, 0) is 38.0 Å². The van der Waals surface area contributed by atoms with Gasteiger partial charge < -0.3 is 24.7 Å². The van der Waals surface area contributed by atoms with Gasteiger partial charge in [0.1, 0.15) is 18.1 Å². The molecule has 0 radical (unpaired) electrons. The van der Waals surface area contributed by atoms with Crippen LogP contribution >= 0.6 is 0 Å². The first-order valence-electron chi connectivity index (χ1n) is 9.21. The zero-order valence-corrected chi connectivity index (χ0v) is 16.7. The molecule has 1 aromatic heterocycles. The van der Waals surface area contributed by atoms with Gasteiger partial charge in [-0.25, -0.2) is 4.99 Å². The first-order valence-corrected chi connectivity index (χ1v) is 9.21. The average Bonchev–Trinajstić information content (AvgIpc) is 2.98. The van der Waals surface area contributed by atoms with Crippen molar-refractivity contribution in [2.75, 3.05) is 33.4 Å². The Morgan fingerprint density at radius 3 is 2.74 bits per heavy atom. The molecule has 2 aromatic rings. The molecule has 0 aliphatic rings. The number of methoxy groups -OCH3 is 1. The predicted octanol–water partition coefficient (Wildman–Crippen LogP) is 1.45. The molecule has 0 aliphatic carbocycles. The van der Waals surface area contributed by atoms with Gasteiger partial charge in [-0.15, -0.1) is 10.2 Å². The largest absolute Gasteiger partial charge is 0.494 e. The standard InChI is InChI=1S/C19H30N6O2/c1-5-27-17-8-6-7-16(13-17)9-10-20-19(21-11-12-26-4)22-14-18-24-23-15(2)25(18)3/h6-8,13H,5,9-12,14H2,1-4H3,(H2,20,21,22). The monoisotopic (exact) mass is 374 g/mol. The summed E-state index contributed by atoms with van der Waals surface area (Å²) in [6.45, 7) is 7.09. The highest BCUT2D eigenvalue weighted by Crippen LogP contribution is 2.13. The van der Waals surface area contributed by atoms with E-state index in [9.17, 15) is 0 Å². The lowest BCUT2D eigenvalue weighted by molar-refractivity contribution is 0.203. The van der Waals surface area contributed by atoms with Crippen molar-refractivity contribution in [3.05, 3.63) is 41.5 Å². The van der Waals surface area contributed by atoms with Crippen LogP contribution in [0.5, 0.6) is 5.75 Å². The average molecular weight is 374 g/mol. The van der Waals surface area contributed by atoms with E-state index in [0.29, 0.717) is 26.3 Å². The summed E-state index contributed by atoms with van der Waals surface area (Å²) in [6.07, 6.45) is 0.870. The molecule has 0 atom stereocenters. The number of hydrogen-bond donors (Lipinski definition) is 2. The maximum absolute atomic E-state index is 5.55. The maximum atomic E-state index is 5.55. The summed E-state index contributed by atoms with van der Waals surface area (Å²) in [7, 11) is 3.62. The number of hydrogen-bond acceptors (Lipinski definition) is 5. The van der Waals surface area contributed by atoms with Gasteiger partial charge in [-0.1, -0.05) is 12.1 Å². The highest BCUT2D eigenvalue weighted by Gasteiger charge is 2.05. The van der Waals surface area contributed by atoms with E-state index in [0.717, 1.165) is 36.3 Å². The number of nitrogens with one attached hydrogen (secondary N) is 2. The smallest absolute Gasteiger partial charge is 0.191 e. The molecule has 0 saturated heterocycles. The Labute approximate surface area is 161 Å². The van der Waals surface area contributed by atoms with Crippen molar-refractivity contribution in [3.8, 4) is 5.75 Å². The van der Waals surface area contributed by atoms with E-state index >= 15 is 0 Å². The van der Waals surface area contributed by atoms with Crippen LogP contribution in [0.4, 0.5) is 0 Å². The number of nitrogens with zero attached hydrogens (tertiary/aromatic N) is 4. The first kappa shape index (κ1) is 20.7. The normalized spacial score (nSPS) is 11.5. The summed E-state index contributed by atoms with van der Waals surface area (Å²) in [4.78, 5) is 4.61. The van der Waals surface area contributed by atoms with Crippen molar-refractivity contribution >= 4 is 5.96 Å². The Morgan fingerprint density at radius 1 is 1.22 bits per heavy atom. The third kappa shape index (κ3) is 6.90. The van der Waals surface area contributed by atoms with Gasteiger partial charge in [-0.3, -0.25) is 0 Å². The number of aromatic nitrogens is 3. The second kappa shape index (κ2) is 11.2. The first-order chi connectivity index (χ1) is 13.1. The second-order valence-corrected chi connectivity index (χ2v) is 6.06. The maximum Gasteiger partial charge on any atom is 0.191 e. The minimum Gasteiger partial charge on any atom is -0.494 e. The van der Waals surface area contributed by atoms with Gasteiger partial charge in [-0.2, -0.15) is 0 Å². The van der Waals surface area contributed by atoms with Crippen molar-refractivity contribution in [1.82, 2.24) is 25.4 Å². The zero-order chi connectivity index (χ0) is 19.5. The molecule has 27 heavy (non-hydrogen) atoms. The Morgan fingerprint density at radius 2 is 2.04 bits per heavy atom. The molecule has 0 bridgehead atoms. The molecule has 0 saturated carbocycles. The minimum absolute atomic E-state index is 0.458. The number of aryl methyl sites for hydroxylation is 1. The lowest BCUT2D eigenvalue weighted by atomic mass is 10.1. The Hall–Kier alpha value is -2.61. The molecule has 0 aliphatic heterocycles. The van der Waals surface area contributed by atoms with E-state index < -0.39 is 0 Å². The van der Waals surface area contributed by atoms with Crippen molar-refractivity contribution in [3.63, 3.8) is 0 Å².